The molecule has 0 aliphatic carbocycles. The second-order valence-electron chi connectivity index (χ2n) is 4.22. The summed E-state index contributed by atoms with van der Waals surface area (Å²) < 4.78 is 14.0. The van der Waals surface area contributed by atoms with Gasteiger partial charge in [0.25, 0.3) is 0 Å². The van der Waals surface area contributed by atoms with Crippen molar-refractivity contribution in [2.45, 2.75) is 20.0 Å². The lowest BCUT2D eigenvalue weighted by Crippen LogP contribution is -2.06. The fourth-order valence-electron chi connectivity index (χ4n) is 1.53. The summed E-state index contributed by atoms with van der Waals surface area (Å²) in [5.41, 5.74) is -0.175. The minimum atomic E-state index is -1.30. The van der Waals surface area contributed by atoms with Crippen LogP contribution in [0.5, 0.6) is 0 Å². The molecule has 2 heterocycles. The minimum absolute atomic E-state index is 0.175. The molecule has 0 fully saturated rings. The van der Waals surface area contributed by atoms with Gasteiger partial charge >= 0.3 is 5.97 Å². The zero-order valence-corrected chi connectivity index (χ0v) is 11.6. The zero-order valence-electron chi connectivity index (χ0n) is 10.0. The Bertz CT molecular complexity index is 499. The number of carboxylic acid groups (broad SMARTS) is 1. The summed E-state index contributed by atoms with van der Waals surface area (Å²) in [5, 5.41) is 10.3. The molecule has 1 atom stereocenters. The van der Waals surface area contributed by atoms with Crippen LogP contribution in [0.4, 0.5) is 4.39 Å². The van der Waals surface area contributed by atoms with Crippen molar-refractivity contribution in [2.24, 2.45) is 10.9 Å². The lowest BCUT2D eigenvalue weighted by molar-refractivity contribution is 0.0687. The van der Waals surface area contributed by atoms with Crippen LogP contribution in [0, 0.1) is 5.92 Å². The number of carboxylic acids is 1. The number of carbonyl (C=O) groups is 1. The minimum Gasteiger partial charge on any atom is -0.476 e. The zero-order chi connectivity index (χ0) is 13.3. The number of nitrogens with zero attached hydrogens (tertiary/aromatic N) is 2. The van der Waals surface area contributed by atoms with Crippen molar-refractivity contribution in [1.29, 1.82) is 0 Å². The van der Waals surface area contributed by atoms with Crippen LogP contribution < -0.4 is 0 Å². The van der Waals surface area contributed by atoms with E-state index in [1.807, 2.05) is 0 Å². The standard InChI is InChI=1S/C11H13FN2O2S2/c1-5(2)6(12)8-7(11(15)16)14-10(18-8)9-13-3-4-17-9/h5-6H,3-4H2,1-2H3,(H,15,16). The summed E-state index contributed by atoms with van der Waals surface area (Å²) in [6.45, 7) is 4.15. The Balaban J connectivity index is 2.41. The van der Waals surface area contributed by atoms with Crippen LogP contribution in [0.1, 0.15) is 40.4 Å². The van der Waals surface area contributed by atoms with Gasteiger partial charge in [0.05, 0.1) is 4.88 Å². The fourth-order valence-corrected chi connectivity index (χ4v) is 3.67. The van der Waals surface area contributed by atoms with Crippen molar-refractivity contribution in [1.82, 2.24) is 4.98 Å². The first-order valence-corrected chi connectivity index (χ1v) is 7.36. The number of hydrogen-bond donors (Lipinski definition) is 1. The second kappa shape index (κ2) is 5.36. The molecule has 7 heteroatoms. The molecule has 0 amide bonds. The second-order valence-corrected chi connectivity index (χ2v) is 6.33. The van der Waals surface area contributed by atoms with Crippen LogP contribution in [0.25, 0.3) is 0 Å². The van der Waals surface area contributed by atoms with Gasteiger partial charge in [-0.15, -0.1) is 23.1 Å². The Morgan fingerprint density at radius 3 is 2.72 bits per heavy atom. The molecule has 1 N–H and O–H groups in total. The molecule has 1 aromatic heterocycles. The predicted molar refractivity (Wildman–Crippen MR) is 71.6 cm³/mol. The monoisotopic (exact) mass is 288 g/mol. The highest BCUT2D eigenvalue weighted by Gasteiger charge is 2.28. The number of aromatic nitrogens is 1. The van der Waals surface area contributed by atoms with Gasteiger partial charge in [-0.2, -0.15) is 0 Å². The molecule has 2 rings (SSSR count). The summed E-state index contributed by atoms with van der Waals surface area (Å²) >= 11 is 2.63. The van der Waals surface area contributed by atoms with Crippen molar-refractivity contribution in [3.05, 3.63) is 15.6 Å². The smallest absolute Gasteiger partial charge is 0.355 e. The molecule has 0 spiro atoms. The van der Waals surface area contributed by atoms with Gasteiger partial charge in [0.2, 0.25) is 0 Å². The van der Waals surface area contributed by atoms with Crippen molar-refractivity contribution in [2.75, 3.05) is 12.3 Å². The quantitative estimate of drug-likeness (QED) is 0.925. The Morgan fingerprint density at radius 2 is 2.22 bits per heavy atom. The normalized spacial score (nSPS) is 17.0. The van der Waals surface area contributed by atoms with Gasteiger partial charge in [-0.25, -0.2) is 14.2 Å². The maximum absolute atomic E-state index is 14.0. The van der Waals surface area contributed by atoms with E-state index in [1.165, 1.54) is 11.8 Å². The van der Waals surface area contributed by atoms with E-state index in [9.17, 15) is 9.18 Å². The topological polar surface area (TPSA) is 62.5 Å². The third-order valence-electron chi connectivity index (χ3n) is 2.46. The molecule has 0 aromatic carbocycles. The summed E-state index contributed by atoms with van der Waals surface area (Å²) in [6.07, 6.45) is -1.30. The van der Waals surface area contributed by atoms with Crippen LogP contribution in [0.2, 0.25) is 0 Å². The molecule has 1 aromatic rings. The molecular formula is C11H13FN2O2S2. The van der Waals surface area contributed by atoms with E-state index in [1.54, 1.807) is 13.8 Å². The summed E-state index contributed by atoms with van der Waals surface area (Å²) in [7, 11) is 0. The Kier molecular flexibility index (Phi) is 4.01. The van der Waals surface area contributed by atoms with Gasteiger partial charge in [-0.3, -0.25) is 4.99 Å². The van der Waals surface area contributed by atoms with Crippen LogP contribution in [-0.4, -0.2) is 33.4 Å². The molecule has 4 nitrogen and oxygen atoms in total. The number of rotatable bonds is 4. The van der Waals surface area contributed by atoms with E-state index in [-0.39, 0.29) is 16.5 Å². The number of halogens is 1. The molecule has 0 saturated heterocycles. The summed E-state index contributed by atoms with van der Waals surface area (Å²) in [4.78, 5) is 19.6. The van der Waals surface area contributed by atoms with Crippen molar-refractivity contribution >= 4 is 34.1 Å². The number of aromatic carboxylic acids is 1. The van der Waals surface area contributed by atoms with Crippen molar-refractivity contribution in [3.8, 4) is 0 Å². The van der Waals surface area contributed by atoms with E-state index in [4.69, 9.17) is 5.11 Å². The molecule has 1 aliphatic rings. The highest BCUT2D eigenvalue weighted by Crippen LogP contribution is 2.35. The Hall–Kier alpha value is -0.950. The fraction of sp³-hybridized carbons (Fsp3) is 0.545. The molecule has 1 unspecified atom stereocenters. The largest absolute Gasteiger partial charge is 0.476 e. The molecular weight excluding hydrogens is 275 g/mol. The van der Waals surface area contributed by atoms with Crippen LogP contribution in [-0.2, 0) is 0 Å². The first-order chi connectivity index (χ1) is 8.50. The average molecular weight is 288 g/mol. The lowest BCUT2D eigenvalue weighted by atomic mass is 10.1. The third kappa shape index (κ3) is 2.56. The number of thioether (sulfide) groups is 1. The van der Waals surface area contributed by atoms with Gasteiger partial charge < -0.3 is 5.11 Å². The summed E-state index contributed by atoms with van der Waals surface area (Å²) in [5.74, 6) is -0.579. The number of aliphatic imine (C=N–C) groups is 1. The number of alkyl halides is 1. The third-order valence-corrected chi connectivity index (χ3v) is 4.69. The van der Waals surface area contributed by atoms with E-state index in [0.29, 0.717) is 11.6 Å². The maximum Gasteiger partial charge on any atom is 0.355 e. The molecule has 18 heavy (non-hydrogen) atoms. The number of hydrogen-bond acceptors (Lipinski definition) is 5. The maximum atomic E-state index is 14.0. The van der Waals surface area contributed by atoms with Gasteiger partial charge in [0, 0.05) is 12.3 Å². The first-order valence-electron chi connectivity index (χ1n) is 5.56. The van der Waals surface area contributed by atoms with E-state index in [2.05, 4.69) is 9.98 Å². The highest BCUT2D eigenvalue weighted by molar-refractivity contribution is 8.14. The van der Waals surface area contributed by atoms with Gasteiger partial charge in [0.15, 0.2) is 5.69 Å². The first kappa shape index (κ1) is 13.5. The van der Waals surface area contributed by atoms with Gasteiger partial charge in [-0.1, -0.05) is 13.8 Å². The van der Waals surface area contributed by atoms with Crippen LogP contribution in [0.3, 0.4) is 0 Å². The molecule has 1 aliphatic heterocycles. The van der Waals surface area contributed by atoms with E-state index >= 15 is 0 Å². The Morgan fingerprint density at radius 1 is 1.50 bits per heavy atom. The average Bonchev–Trinajstić information content (AvgIpc) is 2.96. The number of thiazole rings is 1. The lowest BCUT2D eigenvalue weighted by Gasteiger charge is -2.09. The summed E-state index contributed by atoms with van der Waals surface area (Å²) in [6, 6.07) is 0. The van der Waals surface area contributed by atoms with Crippen molar-refractivity contribution in [3.63, 3.8) is 0 Å². The van der Waals surface area contributed by atoms with Gasteiger partial charge in [0.1, 0.15) is 16.2 Å². The predicted octanol–water partition coefficient (Wildman–Crippen LogP) is 3.00. The SMILES string of the molecule is CC(C)C(F)c1sc(C2=NCCS2)nc1C(=O)O. The van der Waals surface area contributed by atoms with Crippen LogP contribution in [0.15, 0.2) is 4.99 Å². The molecule has 0 bridgehead atoms. The van der Waals surface area contributed by atoms with Crippen molar-refractivity contribution < 1.29 is 14.3 Å². The van der Waals surface area contributed by atoms with E-state index in [0.717, 1.165) is 22.1 Å². The van der Waals surface area contributed by atoms with E-state index < -0.39 is 12.1 Å². The molecule has 98 valence electrons. The van der Waals surface area contributed by atoms with Gasteiger partial charge in [-0.05, 0) is 5.92 Å². The van der Waals surface area contributed by atoms with Crippen LogP contribution >= 0.6 is 23.1 Å². The highest BCUT2D eigenvalue weighted by atomic mass is 32.2. The molecule has 0 saturated carbocycles. The Labute approximate surface area is 112 Å². The molecule has 0 radical (unpaired) electrons.